The highest BCUT2D eigenvalue weighted by atomic mass is 16.5. The quantitative estimate of drug-likeness (QED) is 0.746. The Morgan fingerprint density at radius 1 is 1.62 bits per heavy atom. The monoisotopic (exact) mass is 182 g/mol. The van der Waals surface area contributed by atoms with E-state index in [4.69, 9.17) is 15.0 Å². The normalized spacial score (nSPS) is 22.4. The van der Waals surface area contributed by atoms with Gasteiger partial charge in [-0.15, -0.1) is 0 Å². The van der Waals surface area contributed by atoms with Crippen molar-refractivity contribution in [2.24, 2.45) is 5.73 Å². The van der Waals surface area contributed by atoms with E-state index < -0.39 is 0 Å². The molecule has 1 atom stereocenters. The Hall–Kier alpha value is -0.870. The fourth-order valence-electron chi connectivity index (χ4n) is 1.69. The Labute approximate surface area is 77.0 Å². The average molecular weight is 182 g/mol. The molecule has 1 saturated heterocycles. The number of rotatable bonds is 3. The maximum atomic E-state index is 5.49. The van der Waals surface area contributed by atoms with Gasteiger partial charge in [-0.25, -0.2) is 0 Å². The first-order valence-corrected chi connectivity index (χ1v) is 4.63. The molecular weight excluding hydrogens is 168 g/mol. The van der Waals surface area contributed by atoms with Gasteiger partial charge >= 0.3 is 0 Å². The molecule has 1 aromatic rings. The van der Waals surface area contributed by atoms with E-state index in [9.17, 15) is 0 Å². The maximum absolute atomic E-state index is 5.49. The number of hydrogen-bond donors (Lipinski definition) is 1. The van der Waals surface area contributed by atoms with E-state index in [1.54, 1.807) is 6.20 Å². The molecule has 2 N–H and O–H groups in total. The van der Waals surface area contributed by atoms with Gasteiger partial charge in [0.05, 0.1) is 12.8 Å². The molecule has 72 valence electrons. The molecule has 0 radical (unpaired) electrons. The second kappa shape index (κ2) is 3.89. The van der Waals surface area contributed by atoms with Crippen LogP contribution in [0, 0.1) is 0 Å². The summed E-state index contributed by atoms with van der Waals surface area (Å²) in [6.45, 7) is 2.22. The average Bonchev–Trinajstić information content (AvgIpc) is 2.71. The van der Waals surface area contributed by atoms with Crippen LogP contribution in [-0.2, 0) is 11.2 Å². The molecule has 0 saturated carbocycles. The van der Waals surface area contributed by atoms with E-state index in [0.29, 0.717) is 12.5 Å². The molecule has 2 heterocycles. The number of nitrogens with zero attached hydrogens (tertiary/aromatic N) is 1. The smallest absolute Gasteiger partial charge is 0.145 e. The Balaban J connectivity index is 2.13. The zero-order chi connectivity index (χ0) is 9.10. The van der Waals surface area contributed by atoms with Gasteiger partial charge in [-0.1, -0.05) is 5.16 Å². The van der Waals surface area contributed by atoms with Gasteiger partial charge in [0.25, 0.3) is 0 Å². The minimum Gasteiger partial charge on any atom is -0.381 e. The highest BCUT2D eigenvalue weighted by Crippen LogP contribution is 2.27. The van der Waals surface area contributed by atoms with Crippen LogP contribution >= 0.6 is 0 Å². The van der Waals surface area contributed by atoms with Gasteiger partial charge in [-0.3, -0.25) is 0 Å². The first-order chi connectivity index (χ1) is 6.42. The second-order valence-corrected chi connectivity index (χ2v) is 3.31. The van der Waals surface area contributed by atoms with Gasteiger partial charge in [0.1, 0.15) is 5.76 Å². The lowest BCUT2D eigenvalue weighted by atomic mass is 10.0. The van der Waals surface area contributed by atoms with Crippen molar-refractivity contribution < 1.29 is 9.26 Å². The number of aromatic nitrogens is 1. The minimum atomic E-state index is 0.393. The van der Waals surface area contributed by atoms with Crippen molar-refractivity contribution in [3.05, 3.63) is 17.5 Å². The molecule has 0 amide bonds. The third kappa shape index (κ3) is 1.73. The lowest BCUT2D eigenvalue weighted by Crippen LogP contribution is -2.06. The molecule has 4 heteroatoms. The molecule has 0 spiro atoms. The summed E-state index contributed by atoms with van der Waals surface area (Å²) < 4.78 is 10.5. The molecule has 0 bridgehead atoms. The van der Waals surface area contributed by atoms with E-state index in [0.717, 1.165) is 37.4 Å². The Morgan fingerprint density at radius 2 is 2.54 bits per heavy atom. The zero-order valence-electron chi connectivity index (χ0n) is 7.53. The van der Waals surface area contributed by atoms with Gasteiger partial charge < -0.3 is 15.0 Å². The summed E-state index contributed by atoms with van der Waals surface area (Å²) in [5.74, 6) is 1.37. The standard InChI is InChI=1S/C9H14N2O2/c10-3-1-7-5-11-13-9(7)8-2-4-12-6-8/h5,8H,1-4,6,10H2. The highest BCUT2D eigenvalue weighted by molar-refractivity contribution is 5.18. The van der Waals surface area contributed by atoms with E-state index in [-0.39, 0.29) is 0 Å². The lowest BCUT2D eigenvalue weighted by Gasteiger charge is -2.04. The largest absolute Gasteiger partial charge is 0.381 e. The first kappa shape index (κ1) is 8.72. The summed E-state index contributed by atoms with van der Waals surface area (Å²) in [6, 6.07) is 0. The minimum absolute atomic E-state index is 0.393. The van der Waals surface area contributed by atoms with Crippen molar-refractivity contribution >= 4 is 0 Å². The third-order valence-electron chi connectivity index (χ3n) is 2.39. The van der Waals surface area contributed by atoms with Crippen LogP contribution in [0.1, 0.15) is 23.7 Å². The fraction of sp³-hybridized carbons (Fsp3) is 0.667. The summed E-state index contributed by atoms with van der Waals surface area (Å²) in [5.41, 5.74) is 6.62. The SMILES string of the molecule is NCCc1cnoc1C1CCOC1. The first-order valence-electron chi connectivity index (χ1n) is 4.63. The lowest BCUT2D eigenvalue weighted by molar-refractivity contribution is 0.189. The molecule has 1 aliphatic heterocycles. The molecular formula is C9H14N2O2. The van der Waals surface area contributed by atoms with Crippen molar-refractivity contribution in [3.63, 3.8) is 0 Å². The van der Waals surface area contributed by atoms with Crippen LogP contribution in [-0.4, -0.2) is 24.9 Å². The van der Waals surface area contributed by atoms with Crippen LogP contribution in [0.25, 0.3) is 0 Å². The van der Waals surface area contributed by atoms with Crippen LogP contribution in [0.3, 0.4) is 0 Å². The molecule has 1 aromatic heterocycles. The van der Waals surface area contributed by atoms with E-state index >= 15 is 0 Å². The third-order valence-corrected chi connectivity index (χ3v) is 2.39. The van der Waals surface area contributed by atoms with Crippen LogP contribution in [0.2, 0.25) is 0 Å². The molecule has 2 rings (SSSR count). The van der Waals surface area contributed by atoms with Crippen molar-refractivity contribution in [1.29, 1.82) is 0 Å². The molecule has 13 heavy (non-hydrogen) atoms. The van der Waals surface area contributed by atoms with Crippen LogP contribution in [0.5, 0.6) is 0 Å². The summed E-state index contributed by atoms with van der Waals surface area (Å²) in [5, 5.41) is 3.80. The molecule has 4 nitrogen and oxygen atoms in total. The van der Waals surface area contributed by atoms with Gasteiger partial charge in [0, 0.05) is 18.1 Å². The van der Waals surface area contributed by atoms with Crippen LogP contribution in [0.4, 0.5) is 0 Å². The predicted octanol–water partition coefficient (Wildman–Crippen LogP) is 0.680. The molecule has 1 fully saturated rings. The van der Waals surface area contributed by atoms with Gasteiger partial charge in [-0.2, -0.15) is 0 Å². The van der Waals surface area contributed by atoms with Gasteiger partial charge in [-0.05, 0) is 19.4 Å². The predicted molar refractivity (Wildman–Crippen MR) is 47.4 cm³/mol. The summed E-state index contributed by atoms with van der Waals surface area (Å²) in [4.78, 5) is 0. The number of hydrogen-bond acceptors (Lipinski definition) is 4. The Morgan fingerprint density at radius 3 is 3.23 bits per heavy atom. The fourth-order valence-corrected chi connectivity index (χ4v) is 1.69. The van der Waals surface area contributed by atoms with Gasteiger partial charge in [0.2, 0.25) is 0 Å². The summed E-state index contributed by atoms with van der Waals surface area (Å²) >= 11 is 0. The number of ether oxygens (including phenoxy) is 1. The van der Waals surface area contributed by atoms with E-state index in [2.05, 4.69) is 5.16 Å². The number of nitrogens with two attached hydrogens (primary N) is 1. The molecule has 0 aromatic carbocycles. The van der Waals surface area contributed by atoms with Crippen LogP contribution < -0.4 is 5.73 Å². The van der Waals surface area contributed by atoms with Crippen molar-refractivity contribution in [2.75, 3.05) is 19.8 Å². The zero-order valence-corrected chi connectivity index (χ0v) is 7.53. The highest BCUT2D eigenvalue weighted by Gasteiger charge is 2.23. The maximum Gasteiger partial charge on any atom is 0.145 e. The molecule has 1 unspecified atom stereocenters. The summed E-state index contributed by atoms with van der Waals surface area (Å²) in [7, 11) is 0. The van der Waals surface area contributed by atoms with E-state index in [1.165, 1.54) is 0 Å². The Bertz CT molecular complexity index is 266. The Kier molecular flexibility index (Phi) is 2.61. The van der Waals surface area contributed by atoms with Crippen molar-refractivity contribution in [2.45, 2.75) is 18.8 Å². The van der Waals surface area contributed by atoms with Crippen LogP contribution in [0.15, 0.2) is 10.7 Å². The summed E-state index contributed by atoms with van der Waals surface area (Å²) in [6.07, 6.45) is 3.64. The van der Waals surface area contributed by atoms with Crippen molar-refractivity contribution in [1.82, 2.24) is 5.16 Å². The molecule has 0 aliphatic carbocycles. The van der Waals surface area contributed by atoms with Gasteiger partial charge in [0.15, 0.2) is 0 Å². The van der Waals surface area contributed by atoms with Crippen molar-refractivity contribution in [3.8, 4) is 0 Å². The second-order valence-electron chi connectivity index (χ2n) is 3.31. The van der Waals surface area contributed by atoms with E-state index in [1.807, 2.05) is 0 Å². The topological polar surface area (TPSA) is 61.3 Å². The molecule has 1 aliphatic rings.